The van der Waals surface area contributed by atoms with Crippen molar-refractivity contribution < 1.29 is 19.7 Å². The van der Waals surface area contributed by atoms with Crippen LogP contribution in [0.4, 0.5) is 0 Å². The van der Waals surface area contributed by atoms with Gasteiger partial charge in [-0.15, -0.1) is 0 Å². The topological polar surface area (TPSA) is 58.9 Å². The predicted octanol–water partition coefficient (Wildman–Crippen LogP) is 3.88. The van der Waals surface area contributed by atoms with Crippen molar-refractivity contribution in [1.82, 2.24) is 0 Å². The first-order valence-electron chi connectivity index (χ1n) is 7.00. The highest BCUT2D eigenvalue weighted by Crippen LogP contribution is 2.44. The number of aliphatic hydroxyl groups excluding tert-OH is 2. The van der Waals surface area contributed by atoms with E-state index >= 15 is 0 Å². The third kappa shape index (κ3) is 6.97. The molecule has 2 N–H and O–H groups in total. The molecule has 0 amide bonds. The quantitative estimate of drug-likeness (QED) is 0.616. The normalized spacial score (nSPS) is 10.5. The molecule has 124 valence electrons. The van der Waals surface area contributed by atoms with Gasteiger partial charge in [0, 0.05) is 9.79 Å². The zero-order chi connectivity index (χ0) is 16.3. The lowest BCUT2D eigenvalue weighted by Crippen LogP contribution is -2.01. The van der Waals surface area contributed by atoms with E-state index in [0.29, 0.717) is 13.2 Å². The monoisotopic (exact) mass is 370 g/mol. The Bertz CT molecular complexity index is 509. The predicted molar refractivity (Wildman–Crippen MR) is 97.4 cm³/mol. The SMILES string of the molecule is OCCOc1ccc(SSSc2ccc(OCCO)cc2)cc1. The van der Waals surface area contributed by atoms with Gasteiger partial charge in [0.15, 0.2) is 0 Å². The van der Waals surface area contributed by atoms with Crippen LogP contribution in [0.2, 0.25) is 0 Å². The summed E-state index contributed by atoms with van der Waals surface area (Å²) in [4.78, 5) is 2.28. The fraction of sp³-hybridized carbons (Fsp3) is 0.250. The number of aliphatic hydroxyl groups is 2. The Morgan fingerprint density at radius 1 is 0.652 bits per heavy atom. The highest BCUT2D eigenvalue weighted by Gasteiger charge is 2.00. The average Bonchev–Trinajstić information content (AvgIpc) is 2.60. The zero-order valence-corrected chi connectivity index (χ0v) is 14.8. The Kier molecular flexibility index (Phi) is 8.55. The molecule has 0 radical (unpaired) electrons. The van der Waals surface area contributed by atoms with Crippen molar-refractivity contribution >= 4 is 31.4 Å². The molecule has 2 aromatic carbocycles. The molecule has 0 heterocycles. The molecule has 7 heteroatoms. The minimum absolute atomic E-state index is 0.0207. The van der Waals surface area contributed by atoms with Gasteiger partial charge in [-0.25, -0.2) is 0 Å². The molecule has 4 nitrogen and oxygen atoms in total. The van der Waals surface area contributed by atoms with Gasteiger partial charge in [0.25, 0.3) is 0 Å². The molecular weight excluding hydrogens is 352 g/mol. The minimum atomic E-state index is 0.0207. The summed E-state index contributed by atoms with van der Waals surface area (Å²) >= 11 is 0. The van der Waals surface area contributed by atoms with Crippen molar-refractivity contribution in [2.24, 2.45) is 0 Å². The van der Waals surface area contributed by atoms with Gasteiger partial charge in [0.05, 0.1) is 13.2 Å². The lowest BCUT2D eigenvalue weighted by molar-refractivity contribution is 0.201. The van der Waals surface area contributed by atoms with Gasteiger partial charge in [0.2, 0.25) is 0 Å². The van der Waals surface area contributed by atoms with Crippen LogP contribution >= 0.6 is 31.4 Å². The molecule has 0 spiro atoms. The largest absolute Gasteiger partial charge is 0.491 e. The molecule has 0 saturated heterocycles. The Labute approximate surface area is 147 Å². The van der Waals surface area contributed by atoms with Gasteiger partial charge in [0.1, 0.15) is 24.7 Å². The molecule has 0 bridgehead atoms. The summed E-state index contributed by atoms with van der Waals surface area (Å²) in [6.07, 6.45) is 0. The first-order chi connectivity index (χ1) is 11.3. The zero-order valence-electron chi connectivity index (χ0n) is 12.4. The summed E-state index contributed by atoms with van der Waals surface area (Å²) < 4.78 is 10.6. The third-order valence-electron chi connectivity index (χ3n) is 2.63. The molecule has 0 saturated carbocycles. The van der Waals surface area contributed by atoms with Crippen LogP contribution in [-0.2, 0) is 0 Å². The summed E-state index contributed by atoms with van der Waals surface area (Å²) in [5, 5.41) is 17.4. The van der Waals surface area contributed by atoms with Crippen LogP contribution in [0, 0.1) is 0 Å². The molecule has 0 fully saturated rings. The van der Waals surface area contributed by atoms with E-state index in [4.69, 9.17) is 19.7 Å². The molecule has 0 aromatic heterocycles. The molecule has 0 aliphatic carbocycles. The van der Waals surface area contributed by atoms with E-state index in [0.717, 1.165) is 21.3 Å². The summed E-state index contributed by atoms with van der Waals surface area (Å²) in [5.74, 6) is 1.53. The summed E-state index contributed by atoms with van der Waals surface area (Å²) in [7, 11) is 5.03. The van der Waals surface area contributed by atoms with Crippen LogP contribution in [-0.4, -0.2) is 36.6 Å². The molecule has 0 aliphatic heterocycles. The summed E-state index contributed by atoms with van der Waals surface area (Å²) in [6, 6.07) is 15.6. The van der Waals surface area contributed by atoms with Crippen molar-refractivity contribution in [1.29, 1.82) is 0 Å². The maximum absolute atomic E-state index is 8.71. The first-order valence-corrected chi connectivity index (χ1v) is 10.5. The number of hydrogen-bond donors (Lipinski definition) is 2. The van der Waals surface area contributed by atoms with Crippen LogP contribution in [0.5, 0.6) is 11.5 Å². The van der Waals surface area contributed by atoms with Gasteiger partial charge in [-0.3, -0.25) is 0 Å². The van der Waals surface area contributed by atoms with Crippen LogP contribution in [0.1, 0.15) is 0 Å². The first kappa shape index (κ1) is 18.4. The molecule has 23 heavy (non-hydrogen) atoms. The van der Waals surface area contributed by atoms with E-state index in [1.54, 1.807) is 31.4 Å². The van der Waals surface area contributed by atoms with Gasteiger partial charge in [-0.2, -0.15) is 0 Å². The van der Waals surface area contributed by atoms with E-state index in [-0.39, 0.29) is 13.2 Å². The van der Waals surface area contributed by atoms with Gasteiger partial charge >= 0.3 is 0 Å². The average molecular weight is 371 g/mol. The Hall–Kier alpha value is -0.990. The smallest absolute Gasteiger partial charge is 0.119 e. The van der Waals surface area contributed by atoms with Crippen molar-refractivity contribution in [3.63, 3.8) is 0 Å². The fourth-order valence-corrected chi connectivity index (χ4v) is 5.25. The fourth-order valence-electron chi connectivity index (χ4n) is 1.61. The maximum Gasteiger partial charge on any atom is 0.119 e. The van der Waals surface area contributed by atoms with Gasteiger partial charge < -0.3 is 19.7 Å². The molecule has 2 rings (SSSR count). The summed E-state index contributed by atoms with van der Waals surface area (Å²) in [5.41, 5.74) is 0. The highest BCUT2D eigenvalue weighted by atomic mass is 33.5. The van der Waals surface area contributed by atoms with E-state index in [1.165, 1.54) is 0 Å². The van der Waals surface area contributed by atoms with Crippen LogP contribution in [0.25, 0.3) is 0 Å². The second-order valence-corrected chi connectivity index (χ2v) is 8.37. The van der Waals surface area contributed by atoms with E-state index < -0.39 is 0 Å². The Morgan fingerprint density at radius 2 is 1.04 bits per heavy atom. The minimum Gasteiger partial charge on any atom is -0.491 e. The van der Waals surface area contributed by atoms with Crippen molar-refractivity contribution in [3.05, 3.63) is 48.5 Å². The molecule has 0 unspecified atom stereocenters. The number of benzene rings is 2. The van der Waals surface area contributed by atoms with Crippen molar-refractivity contribution in [3.8, 4) is 11.5 Å². The number of ether oxygens (including phenoxy) is 2. The van der Waals surface area contributed by atoms with E-state index in [9.17, 15) is 0 Å². The molecular formula is C16H18O4S3. The molecule has 0 atom stereocenters. The van der Waals surface area contributed by atoms with Crippen molar-refractivity contribution in [2.75, 3.05) is 26.4 Å². The Balaban J connectivity index is 1.73. The lowest BCUT2D eigenvalue weighted by Gasteiger charge is -2.06. The Morgan fingerprint density at radius 3 is 1.39 bits per heavy atom. The van der Waals surface area contributed by atoms with E-state index in [1.807, 2.05) is 48.5 Å². The second-order valence-electron chi connectivity index (χ2n) is 4.32. The van der Waals surface area contributed by atoms with Crippen LogP contribution in [0.15, 0.2) is 58.3 Å². The number of rotatable bonds is 10. The van der Waals surface area contributed by atoms with Gasteiger partial charge in [-0.1, -0.05) is 0 Å². The standard InChI is InChI=1S/C16H18O4S3/c17-9-11-19-13-1-5-15(6-2-13)21-23-22-16-7-3-14(4-8-16)20-12-10-18/h1-8,17-18H,9-12H2. The van der Waals surface area contributed by atoms with Crippen molar-refractivity contribution in [2.45, 2.75) is 9.79 Å². The molecule has 2 aromatic rings. The maximum atomic E-state index is 8.71. The second kappa shape index (κ2) is 10.7. The van der Waals surface area contributed by atoms with Crippen LogP contribution in [0.3, 0.4) is 0 Å². The molecule has 0 aliphatic rings. The van der Waals surface area contributed by atoms with Crippen LogP contribution < -0.4 is 9.47 Å². The summed E-state index contributed by atoms with van der Waals surface area (Å²) in [6.45, 7) is 0.670. The van der Waals surface area contributed by atoms with Gasteiger partial charge in [-0.05, 0) is 79.9 Å². The lowest BCUT2D eigenvalue weighted by atomic mass is 10.3. The van der Waals surface area contributed by atoms with E-state index in [2.05, 4.69) is 0 Å². The highest BCUT2D eigenvalue weighted by molar-refractivity contribution is 9.09. The third-order valence-corrected chi connectivity index (χ3v) is 6.48. The number of hydrogen-bond acceptors (Lipinski definition) is 7.